The van der Waals surface area contributed by atoms with Gasteiger partial charge in [0.25, 0.3) is 0 Å². The maximum atomic E-state index is 15.1. The fourth-order valence-corrected chi connectivity index (χ4v) is 5.11. The van der Waals surface area contributed by atoms with Crippen LogP contribution in [0.15, 0.2) is 24.7 Å². The molecule has 1 aromatic carbocycles. The topological polar surface area (TPSA) is 105 Å². The summed E-state index contributed by atoms with van der Waals surface area (Å²) >= 11 is 0. The Morgan fingerprint density at radius 1 is 1.09 bits per heavy atom. The van der Waals surface area contributed by atoms with E-state index in [4.69, 9.17) is 0 Å². The van der Waals surface area contributed by atoms with Crippen molar-refractivity contribution >= 4 is 17.5 Å². The van der Waals surface area contributed by atoms with E-state index in [0.717, 1.165) is 31.9 Å². The van der Waals surface area contributed by atoms with Crippen molar-refractivity contribution in [2.75, 3.05) is 10.6 Å². The molecule has 3 heterocycles. The van der Waals surface area contributed by atoms with Crippen molar-refractivity contribution in [3.63, 3.8) is 0 Å². The number of tetrazole rings is 1. The van der Waals surface area contributed by atoms with Crippen LogP contribution in [-0.2, 0) is 0 Å². The van der Waals surface area contributed by atoms with Gasteiger partial charge in [0.1, 0.15) is 12.0 Å². The smallest absolute Gasteiger partial charge is 0.229 e. The number of benzene rings is 1. The summed E-state index contributed by atoms with van der Waals surface area (Å²) in [6.07, 6.45) is 5.99. The number of anilines is 3. The minimum atomic E-state index is -0.521. The van der Waals surface area contributed by atoms with Crippen molar-refractivity contribution < 1.29 is 8.78 Å². The lowest BCUT2D eigenvalue weighted by Gasteiger charge is -2.46. The fourth-order valence-electron chi connectivity index (χ4n) is 5.11. The molecule has 2 aromatic heterocycles. The van der Waals surface area contributed by atoms with Gasteiger partial charge in [-0.2, -0.15) is 9.67 Å². The first kappa shape index (κ1) is 22.6. The lowest BCUT2D eigenvalue weighted by atomic mass is 9.79. The second-order valence-corrected chi connectivity index (χ2v) is 10.6. The van der Waals surface area contributed by atoms with Crippen LogP contribution in [0.3, 0.4) is 0 Å². The number of rotatable bonds is 6. The van der Waals surface area contributed by atoms with Crippen molar-refractivity contribution in [2.24, 2.45) is 0 Å². The van der Waals surface area contributed by atoms with Gasteiger partial charge in [-0.25, -0.2) is 13.8 Å². The van der Waals surface area contributed by atoms with Gasteiger partial charge in [-0.05, 0) is 87.4 Å². The summed E-state index contributed by atoms with van der Waals surface area (Å²) in [6, 6.07) is 3.38. The maximum Gasteiger partial charge on any atom is 0.229 e. The molecule has 180 valence electrons. The van der Waals surface area contributed by atoms with E-state index in [0.29, 0.717) is 11.3 Å². The van der Waals surface area contributed by atoms with Gasteiger partial charge in [-0.3, -0.25) is 0 Å². The van der Waals surface area contributed by atoms with Crippen molar-refractivity contribution in [2.45, 2.75) is 76.4 Å². The van der Waals surface area contributed by atoms with Crippen LogP contribution in [0, 0.1) is 11.6 Å². The molecule has 3 aromatic rings. The highest BCUT2D eigenvalue weighted by molar-refractivity contribution is 5.61. The van der Waals surface area contributed by atoms with Gasteiger partial charge in [-0.15, -0.1) is 5.10 Å². The second-order valence-electron chi connectivity index (χ2n) is 10.6. The molecule has 5 rings (SSSR count). The van der Waals surface area contributed by atoms with Gasteiger partial charge in [0.2, 0.25) is 5.95 Å². The summed E-state index contributed by atoms with van der Waals surface area (Å²) in [5.74, 6) is -0.353. The van der Waals surface area contributed by atoms with Crippen molar-refractivity contribution in [1.29, 1.82) is 0 Å². The number of halogens is 2. The quantitative estimate of drug-likeness (QED) is 0.496. The lowest BCUT2D eigenvalue weighted by Crippen LogP contribution is -2.60. The molecule has 11 heteroatoms. The summed E-state index contributed by atoms with van der Waals surface area (Å²) in [7, 11) is 0. The third-order valence-corrected chi connectivity index (χ3v) is 6.23. The normalized spacial score (nSPS) is 19.7. The number of piperidine rings is 1. The van der Waals surface area contributed by atoms with Crippen LogP contribution in [0.1, 0.15) is 64.9 Å². The molecule has 3 N–H and O–H groups in total. The van der Waals surface area contributed by atoms with Crippen LogP contribution >= 0.6 is 0 Å². The Bertz CT molecular complexity index is 1170. The molecule has 0 bridgehead atoms. The van der Waals surface area contributed by atoms with Crippen molar-refractivity contribution in [3.05, 3.63) is 41.9 Å². The molecular weight excluding hydrogens is 440 g/mol. The highest BCUT2D eigenvalue weighted by atomic mass is 19.1. The summed E-state index contributed by atoms with van der Waals surface area (Å²) in [4.78, 5) is 8.49. The number of nitrogens with zero attached hydrogens (tertiary/aromatic N) is 6. The molecule has 2 aliphatic rings. The first-order valence-electron chi connectivity index (χ1n) is 11.5. The Balaban J connectivity index is 1.41. The summed E-state index contributed by atoms with van der Waals surface area (Å²) in [5, 5.41) is 21.0. The minimum absolute atomic E-state index is 0.0437. The monoisotopic (exact) mass is 469 g/mol. The van der Waals surface area contributed by atoms with Gasteiger partial charge in [0.05, 0.1) is 6.20 Å². The summed E-state index contributed by atoms with van der Waals surface area (Å²) in [5.41, 5.74) is 1.22. The Morgan fingerprint density at radius 3 is 2.47 bits per heavy atom. The third-order valence-electron chi connectivity index (χ3n) is 6.23. The van der Waals surface area contributed by atoms with E-state index >= 15 is 4.39 Å². The number of hydrogen-bond acceptors (Lipinski definition) is 8. The third kappa shape index (κ3) is 4.84. The van der Waals surface area contributed by atoms with E-state index in [1.807, 2.05) is 0 Å². The highest BCUT2D eigenvalue weighted by Gasteiger charge is 2.38. The Hall–Kier alpha value is -3.21. The molecule has 0 spiro atoms. The molecule has 1 aliphatic heterocycles. The second kappa shape index (κ2) is 8.23. The zero-order chi connectivity index (χ0) is 24.1. The van der Waals surface area contributed by atoms with Crippen LogP contribution in [0.4, 0.5) is 26.2 Å². The molecular formula is C23H29F2N9. The maximum absolute atomic E-state index is 15.1. The molecule has 0 amide bonds. The summed E-state index contributed by atoms with van der Waals surface area (Å²) in [6.45, 7) is 8.56. The molecule has 2 fully saturated rings. The molecule has 9 nitrogen and oxygen atoms in total. The molecule has 1 saturated carbocycles. The van der Waals surface area contributed by atoms with E-state index in [9.17, 15) is 4.39 Å². The first-order chi connectivity index (χ1) is 16.1. The van der Waals surface area contributed by atoms with Crippen LogP contribution in [-0.4, -0.2) is 47.3 Å². The van der Waals surface area contributed by atoms with Gasteiger partial charge < -0.3 is 16.0 Å². The van der Waals surface area contributed by atoms with E-state index < -0.39 is 5.82 Å². The molecule has 0 unspecified atom stereocenters. The van der Waals surface area contributed by atoms with Gasteiger partial charge in [-0.1, -0.05) is 0 Å². The molecule has 34 heavy (non-hydrogen) atoms. The van der Waals surface area contributed by atoms with Crippen molar-refractivity contribution in [1.82, 2.24) is 35.5 Å². The zero-order valence-electron chi connectivity index (χ0n) is 19.7. The number of hydrogen-bond donors (Lipinski definition) is 3. The Morgan fingerprint density at radius 2 is 1.82 bits per heavy atom. The van der Waals surface area contributed by atoms with Gasteiger partial charge in [0.15, 0.2) is 17.5 Å². The van der Waals surface area contributed by atoms with E-state index in [1.165, 1.54) is 11.0 Å². The number of aromatic nitrogens is 6. The highest BCUT2D eigenvalue weighted by Crippen LogP contribution is 2.43. The van der Waals surface area contributed by atoms with E-state index in [2.05, 4.69) is 69.1 Å². The van der Waals surface area contributed by atoms with Crippen LogP contribution < -0.4 is 16.0 Å². The Labute approximate surface area is 196 Å². The molecule has 0 atom stereocenters. The Kier molecular flexibility index (Phi) is 5.46. The lowest BCUT2D eigenvalue weighted by molar-refractivity contribution is 0.170. The predicted octanol–water partition coefficient (Wildman–Crippen LogP) is 4.07. The minimum Gasteiger partial charge on any atom is -0.365 e. The van der Waals surface area contributed by atoms with Crippen LogP contribution in [0.25, 0.3) is 5.69 Å². The van der Waals surface area contributed by atoms with Gasteiger partial charge >= 0.3 is 0 Å². The largest absolute Gasteiger partial charge is 0.365 e. The average molecular weight is 470 g/mol. The predicted molar refractivity (Wildman–Crippen MR) is 124 cm³/mol. The molecule has 1 saturated heterocycles. The average Bonchev–Trinajstić information content (AvgIpc) is 3.43. The first-order valence-corrected chi connectivity index (χ1v) is 11.5. The van der Waals surface area contributed by atoms with E-state index in [-0.39, 0.29) is 46.3 Å². The van der Waals surface area contributed by atoms with Gasteiger partial charge in [0, 0.05) is 22.8 Å². The molecule has 0 radical (unpaired) electrons. The van der Waals surface area contributed by atoms with Crippen LogP contribution in [0.5, 0.6) is 0 Å². The zero-order valence-corrected chi connectivity index (χ0v) is 19.7. The summed E-state index contributed by atoms with van der Waals surface area (Å²) < 4.78 is 31.0. The van der Waals surface area contributed by atoms with Crippen molar-refractivity contribution in [3.8, 4) is 5.69 Å². The van der Waals surface area contributed by atoms with Crippen LogP contribution in [0.2, 0.25) is 0 Å². The fraction of sp³-hybridized carbons (Fsp3) is 0.522. The number of nitrogens with one attached hydrogen (secondary N) is 3. The SMILES string of the molecule is CC1(C)CC(Nc2nc(Nc3cc(C4CC4)c(F)c(-n4cnnn4)c3)ncc2F)CC(C)(C)N1. The van der Waals surface area contributed by atoms with E-state index in [1.54, 1.807) is 12.1 Å². The standard InChI is InChI=1S/C23H29F2N9/c1-22(2)9-15(10-23(3,4)31-22)28-20-17(24)11-26-21(30-20)29-14-7-16(13-5-6-13)19(25)18(8-14)34-12-27-32-33-34/h7-8,11-13,15,31H,5-6,9-10H2,1-4H3,(H2,26,28,29,30). The molecule has 1 aliphatic carbocycles.